The lowest BCUT2D eigenvalue weighted by Gasteiger charge is -2.16. The minimum atomic E-state index is 0.0157. The Hall–Kier alpha value is 0.200. The van der Waals surface area contributed by atoms with Gasteiger partial charge in [0.2, 0.25) is 0 Å². The van der Waals surface area contributed by atoms with Crippen LogP contribution in [0.3, 0.4) is 0 Å². The maximum absolute atomic E-state index is 11.4. The molecule has 0 aliphatic heterocycles. The minimum Gasteiger partial charge on any atom is -0.469 e. The summed E-state index contributed by atoms with van der Waals surface area (Å²) in [7, 11) is 1.50. The van der Waals surface area contributed by atoms with Crippen molar-refractivity contribution in [2.24, 2.45) is 11.8 Å². The third-order valence-electron chi connectivity index (χ3n) is 3.12. The fourth-order valence-electron chi connectivity index (χ4n) is 2.35. The van der Waals surface area contributed by atoms with Crippen LogP contribution in [0.2, 0.25) is 0 Å². The fraction of sp³-hybridized carbons (Fsp3) is 0.909. The number of carbonyl (C=O) groups is 1. The molecule has 14 heavy (non-hydrogen) atoms. The number of alkyl halides is 1. The summed E-state index contributed by atoms with van der Waals surface area (Å²) in [6, 6.07) is 0. The second-order valence-electron chi connectivity index (χ2n) is 4.01. The van der Waals surface area contributed by atoms with E-state index in [0.29, 0.717) is 5.92 Å². The lowest BCUT2D eigenvalue weighted by molar-refractivity contribution is -0.146. The molecule has 0 aromatic heterocycles. The first kappa shape index (κ1) is 12.3. The summed E-state index contributed by atoms with van der Waals surface area (Å²) in [5.74, 6) is 0.821. The van der Waals surface area contributed by atoms with Gasteiger partial charge in [0.25, 0.3) is 0 Å². The molecule has 0 amide bonds. The number of esters is 1. The number of halogens is 1. The second-order valence-corrected chi connectivity index (χ2v) is 5.08. The third-order valence-corrected chi connectivity index (χ3v) is 3.88. The Morgan fingerprint density at radius 3 is 2.86 bits per heavy atom. The van der Waals surface area contributed by atoms with Crippen molar-refractivity contribution < 1.29 is 9.53 Å². The molecule has 1 aliphatic rings. The van der Waals surface area contributed by atoms with E-state index >= 15 is 0 Å². The highest BCUT2D eigenvalue weighted by atomic mass is 127. The van der Waals surface area contributed by atoms with Gasteiger partial charge in [0.05, 0.1) is 13.0 Å². The lowest BCUT2D eigenvalue weighted by atomic mass is 9.91. The Morgan fingerprint density at radius 1 is 1.43 bits per heavy atom. The van der Waals surface area contributed by atoms with Gasteiger partial charge < -0.3 is 4.74 Å². The Balaban J connectivity index is 2.31. The summed E-state index contributed by atoms with van der Waals surface area (Å²) in [6.45, 7) is 0. The molecule has 1 fully saturated rings. The summed E-state index contributed by atoms with van der Waals surface area (Å²) in [5.41, 5.74) is 0. The maximum atomic E-state index is 11.4. The Kier molecular flexibility index (Phi) is 5.82. The van der Waals surface area contributed by atoms with Crippen molar-refractivity contribution in [3.05, 3.63) is 0 Å². The van der Waals surface area contributed by atoms with E-state index in [2.05, 4.69) is 22.6 Å². The molecule has 0 heterocycles. The Bertz CT molecular complexity index is 182. The Morgan fingerprint density at radius 2 is 2.21 bits per heavy atom. The van der Waals surface area contributed by atoms with Crippen LogP contribution in [0.4, 0.5) is 0 Å². The van der Waals surface area contributed by atoms with Gasteiger partial charge in [-0.2, -0.15) is 0 Å². The van der Waals surface area contributed by atoms with Crippen molar-refractivity contribution in [1.29, 1.82) is 0 Å². The largest absolute Gasteiger partial charge is 0.469 e. The van der Waals surface area contributed by atoms with Crippen molar-refractivity contribution in [3.63, 3.8) is 0 Å². The maximum Gasteiger partial charge on any atom is 0.308 e. The average Bonchev–Trinajstić information content (AvgIpc) is 2.65. The van der Waals surface area contributed by atoms with Crippen molar-refractivity contribution in [2.75, 3.05) is 11.5 Å². The van der Waals surface area contributed by atoms with Gasteiger partial charge in [0.15, 0.2) is 0 Å². The monoisotopic (exact) mass is 310 g/mol. The first-order valence-corrected chi connectivity index (χ1v) is 6.96. The van der Waals surface area contributed by atoms with Crippen LogP contribution in [-0.2, 0) is 9.53 Å². The van der Waals surface area contributed by atoms with Crippen LogP contribution in [-0.4, -0.2) is 17.5 Å². The van der Waals surface area contributed by atoms with Crippen molar-refractivity contribution in [3.8, 4) is 0 Å². The zero-order valence-corrected chi connectivity index (χ0v) is 11.0. The highest BCUT2D eigenvalue weighted by molar-refractivity contribution is 14.1. The molecule has 0 aromatic carbocycles. The van der Waals surface area contributed by atoms with E-state index in [1.54, 1.807) is 0 Å². The van der Waals surface area contributed by atoms with E-state index in [9.17, 15) is 4.79 Å². The summed E-state index contributed by atoms with van der Waals surface area (Å²) in [4.78, 5) is 11.4. The molecular weight excluding hydrogens is 291 g/mol. The van der Waals surface area contributed by atoms with Crippen LogP contribution >= 0.6 is 22.6 Å². The van der Waals surface area contributed by atoms with Gasteiger partial charge in [0.1, 0.15) is 0 Å². The lowest BCUT2D eigenvalue weighted by Crippen LogP contribution is -2.20. The van der Waals surface area contributed by atoms with Crippen LogP contribution in [0.15, 0.2) is 0 Å². The normalized spacial score (nSPS) is 26.4. The summed E-state index contributed by atoms with van der Waals surface area (Å²) < 4.78 is 6.06. The van der Waals surface area contributed by atoms with Gasteiger partial charge in [-0.1, -0.05) is 35.4 Å². The molecule has 1 aliphatic carbocycles. The number of methoxy groups -OCH3 is 1. The number of hydrogen-bond donors (Lipinski definition) is 0. The molecule has 0 spiro atoms. The molecule has 2 unspecified atom stereocenters. The number of unbranched alkanes of at least 4 members (excludes halogenated alkanes) is 1. The first-order chi connectivity index (χ1) is 6.79. The molecule has 0 radical (unpaired) electrons. The quantitative estimate of drug-likeness (QED) is 0.337. The Labute approximate surface area is 99.9 Å². The van der Waals surface area contributed by atoms with E-state index in [4.69, 9.17) is 4.74 Å². The van der Waals surface area contributed by atoms with Gasteiger partial charge in [-0.3, -0.25) is 4.79 Å². The molecule has 3 heteroatoms. The SMILES string of the molecule is COC(=O)C1CCCC1CCCCI. The van der Waals surface area contributed by atoms with Gasteiger partial charge in [-0.05, 0) is 36.0 Å². The number of rotatable bonds is 5. The van der Waals surface area contributed by atoms with Gasteiger partial charge in [0, 0.05) is 0 Å². The summed E-state index contributed by atoms with van der Waals surface area (Å²) >= 11 is 2.41. The highest BCUT2D eigenvalue weighted by Crippen LogP contribution is 2.35. The van der Waals surface area contributed by atoms with E-state index in [0.717, 1.165) is 6.42 Å². The molecule has 1 saturated carbocycles. The molecule has 0 saturated heterocycles. The summed E-state index contributed by atoms with van der Waals surface area (Å²) in [5, 5.41) is 0. The van der Waals surface area contributed by atoms with Crippen LogP contribution in [0, 0.1) is 11.8 Å². The molecule has 1 rings (SSSR count). The fourth-order valence-corrected chi connectivity index (χ4v) is 2.88. The number of ether oxygens (including phenoxy) is 1. The predicted molar refractivity (Wildman–Crippen MR) is 65.6 cm³/mol. The number of carbonyl (C=O) groups excluding carboxylic acids is 1. The van der Waals surface area contributed by atoms with Gasteiger partial charge >= 0.3 is 5.97 Å². The van der Waals surface area contributed by atoms with Gasteiger partial charge in [-0.15, -0.1) is 0 Å². The average molecular weight is 310 g/mol. The molecule has 0 bridgehead atoms. The highest BCUT2D eigenvalue weighted by Gasteiger charge is 2.32. The predicted octanol–water partition coefficient (Wildman–Crippen LogP) is 3.18. The minimum absolute atomic E-state index is 0.0157. The summed E-state index contributed by atoms with van der Waals surface area (Å²) in [6.07, 6.45) is 7.23. The van der Waals surface area contributed by atoms with Crippen LogP contribution in [0.5, 0.6) is 0 Å². The van der Waals surface area contributed by atoms with Crippen LogP contribution in [0.1, 0.15) is 38.5 Å². The molecule has 82 valence electrons. The molecule has 0 aromatic rings. The van der Waals surface area contributed by atoms with Crippen LogP contribution < -0.4 is 0 Å². The molecule has 2 nitrogen and oxygen atoms in total. The van der Waals surface area contributed by atoms with Gasteiger partial charge in [-0.25, -0.2) is 0 Å². The van der Waals surface area contributed by atoms with E-state index in [1.807, 2.05) is 0 Å². The van der Waals surface area contributed by atoms with E-state index in [1.165, 1.54) is 43.6 Å². The zero-order chi connectivity index (χ0) is 10.4. The smallest absolute Gasteiger partial charge is 0.308 e. The van der Waals surface area contributed by atoms with Crippen LogP contribution in [0.25, 0.3) is 0 Å². The van der Waals surface area contributed by atoms with E-state index < -0.39 is 0 Å². The van der Waals surface area contributed by atoms with Crippen molar-refractivity contribution in [2.45, 2.75) is 38.5 Å². The topological polar surface area (TPSA) is 26.3 Å². The van der Waals surface area contributed by atoms with E-state index in [-0.39, 0.29) is 11.9 Å². The van der Waals surface area contributed by atoms with Crippen molar-refractivity contribution >= 4 is 28.6 Å². The zero-order valence-electron chi connectivity index (χ0n) is 8.80. The number of hydrogen-bond acceptors (Lipinski definition) is 2. The molecule has 0 N–H and O–H groups in total. The molecule has 2 atom stereocenters. The second kappa shape index (κ2) is 6.64. The standard InChI is InChI=1S/C11H19IO2/c1-14-11(13)10-7-4-6-9(10)5-2-3-8-12/h9-10H,2-8H2,1H3. The first-order valence-electron chi connectivity index (χ1n) is 5.43. The molecular formula is C11H19IO2. The third kappa shape index (κ3) is 3.41. The van der Waals surface area contributed by atoms with Crippen molar-refractivity contribution in [1.82, 2.24) is 0 Å².